The number of hydrogen-bond donors (Lipinski definition) is 2. The van der Waals surface area contributed by atoms with Crippen molar-refractivity contribution in [2.75, 3.05) is 13.1 Å². The lowest BCUT2D eigenvalue weighted by Crippen LogP contribution is -2.48. The molecule has 104 valence electrons. The molecule has 0 spiro atoms. The summed E-state index contributed by atoms with van der Waals surface area (Å²) in [6.07, 6.45) is 3.60. The molecule has 0 bridgehead atoms. The maximum Gasteiger partial charge on any atom is 0.326 e. The molecule has 1 atom stereocenters. The lowest BCUT2D eigenvalue weighted by atomic mass is 10.0. The first-order valence-corrected chi connectivity index (χ1v) is 6.78. The fourth-order valence-corrected chi connectivity index (χ4v) is 2.26. The highest BCUT2D eigenvalue weighted by atomic mass is 16.4. The molecule has 1 aliphatic rings. The summed E-state index contributed by atoms with van der Waals surface area (Å²) in [7, 11) is 0. The molecule has 0 radical (unpaired) electrons. The van der Waals surface area contributed by atoms with E-state index in [1.165, 1.54) is 0 Å². The Hall–Kier alpha value is -1.10. The highest BCUT2D eigenvalue weighted by molar-refractivity contribution is 5.83. The molecule has 1 saturated heterocycles. The summed E-state index contributed by atoms with van der Waals surface area (Å²) in [5.74, 6) is -0.893. The Balaban J connectivity index is 2.36. The van der Waals surface area contributed by atoms with Gasteiger partial charge in [0.2, 0.25) is 5.91 Å². The lowest BCUT2D eigenvalue weighted by Gasteiger charge is -2.33. The van der Waals surface area contributed by atoms with Gasteiger partial charge in [-0.25, -0.2) is 4.79 Å². The van der Waals surface area contributed by atoms with Crippen molar-refractivity contribution in [3.8, 4) is 0 Å². The lowest BCUT2D eigenvalue weighted by molar-refractivity contribution is -0.152. The van der Waals surface area contributed by atoms with E-state index in [0.29, 0.717) is 25.4 Å². The fourth-order valence-electron chi connectivity index (χ4n) is 2.26. The molecular weight excluding hydrogens is 232 g/mol. The number of likely N-dealkylation sites (tertiary alicyclic amines) is 1. The molecular formula is C13H24N2O3. The van der Waals surface area contributed by atoms with E-state index < -0.39 is 12.0 Å². The summed E-state index contributed by atoms with van der Waals surface area (Å²) in [5.41, 5.74) is 0. The van der Waals surface area contributed by atoms with Gasteiger partial charge in [0, 0.05) is 19.0 Å². The molecule has 1 fully saturated rings. The normalized spacial score (nSPS) is 20.2. The first kappa shape index (κ1) is 15.0. The van der Waals surface area contributed by atoms with E-state index >= 15 is 0 Å². The Labute approximate surface area is 109 Å². The van der Waals surface area contributed by atoms with E-state index in [0.717, 1.165) is 25.8 Å². The second-order valence-corrected chi connectivity index (χ2v) is 5.15. The van der Waals surface area contributed by atoms with Crippen LogP contribution in [-0.2, 0) is 9.59 Å². The van der Waals surface area contributed by atoms with Crippen LogP contribution in [0.3, 0.4) is 0 Å². The number of carboxylic acid groups (broad SMARTS) is 1. The number of nitrogens with zero attached hydrogens (tertiary/aromatic N) is 1. The van der Waals surface area contributed by atoms with Gasteiger partial charge in [0.15, 0.2) is 0 Å². The van der Waals surface area contributed by atoms with Crippen LogP contribution in [0.25, 0.3) is 0 Å². The second-order valence-electron chi connectivity index (χ2n) is 5.15. The topological polar surface area (TPSA) is 69.6 Å². The van der Waals surface area contributed by atoms with Gasteiger partial charge in [-0.2, -0.15) is 0 Å². The standard InChI is InChI=1S/C13H24N2O3/c1-10(2)14-8-5-7-12(16)15-9-4-3-6-11(15)13(17)18/h10-11,14H,3-9H2,1-2H3,(H,17,18). The molecule has 1 heterocycles. The van der Waals surface area contributed by atoms with Crippen molar-refractivity contribution < 1.29 is 14.7 Å². The zero-order valence-corrected chi connectivity index (χ0v) is 11.3. The van der Waals surface area contributed by atoms with Crippen molar-refractivity contribution >= 4 is 11.9 Å². The summed E-state index contributed by atoms with van der Waals surface area (Å²) in [6.45, 7) is 5.52. The molecule has 1 amide bonds. The average Bonchev–Trinajstić information content (AvgIpc) is 2.34. The SMILES string of the molecule is CC(C)NCCCC(=O)N1CCCCC1C(=O)O. The molecule has 18 heavy (non-hydrogen) atoms. The van der Waals surface area contributed by atoms with Gasteiger partial charge in [0.1, 0.15) is 6.04 Å². The number of hydrogen-bond acceptors (Lipinski definition) is 3. The zero-order chi connectivity index (χ0) is 13.5. The predicted molar refractivity (Wildman–Crippen MR) is 69.4 cm³/mol. The number of rotatable bonds is 6. The van der Waals surface area contributed by atoms with Gasteiger partial charge in [-0.15, -0.1) is 0 Å². The minimum Gasteiger partial charge on any atom is -0.480 e. The van der Waals surface area contributed by atoms with Crippen LogP contribution in [0, 0.1) is 0 Å². The van der Waals surface area contributed by atoms with Gasteiger partial charge in [-0.3, -0.25) is 4.79 Å². The average molecular weight is 256 g/mol. The Morgan fingerprint density at radius 1 is 1.39 bits per heavy atom. The summed E-state index contributed by atoms with van der Waals surface area (Å²) in [6, 6.07) is -0.189. The Morgan fingerprint density at radius 2 is 2.11 bits per heavy atom. The number of carboxylic acids is 1. The molecule has 0 saturated carbocycles. The van der Waals surface area contributed by atoms with E-state index in [1.54, 1.807) is 4.90 Å². The molecule has 1 unspecified atom stereocenters. The summed E-state index contributed by atoms with van der Waals surface area (Å²) in [4.78, 5) is 24.6. The molecule has 1 aliphatic heterocycles. The van der Waals surface area contributed by atoms with Crippen LogP contribution in [0.15, 0.2) is 0 Å². The highest BCUT2D eigenvalue weighted by Crippen LogP contribution is 2.18. The van der Waals surface area contributed by atoms with Crippen LogP contribution in [0.1, 0.15) is 46.0 Å². The number of aliphatic carboxylic acids is 1. The minimum absolute atomic E-state index is 0.0207. The van der Waals surface area contributed by atoms with E-state index in [2.05, 4.69) is 19.2 Å². The van der Waals surface area contributed by atoms with Crippen molar-refractivity contribution in [2.24, 2.45) is 0 Å². The Kier molecular flexibility index (Phi) is 6.12. The van der Waals surface area contributed by atoms with Crippen LogP contribution in [-0.4, -0.2) is 47.1 Å². The maximum absolute atomic E-state index is 12.0. The molecule has 0 aromatic carbocycles. The van der Waals surface area contributed by atoms with Gasteiger partial charge >= 0.3 is 5.97 Å². The molecule has 5 heteroatoms. The zero-order valence-electron chi connectivity index (χ0n) is 11.3. The van der Waals surface area contributed by atoms with Crippen molar-refractivity contribution in [1.82, 2.24) is 10.2 Å². The third-order valence-corrected chi connectivity index (χ3v) is 3.23. The number of piperidine rings is 1. The molecule has 5 nitrogen and oxygen atoms in total. The first-order chi connectivity index (χ1) is 8.52. The highest BCUT2D eigenvalue weighted by Gasteiger charge is 2.31. The van der Waals surface area contributed by atoms with Crippen LogP contribution < -0.4 is 5.32 Å². The molecule has 0 aromatic rings. The molecule has 0 aromatic heterocycles. The van der Waals surface area contributed by atoms with Crippen LogP contribution in [0.4, 0.5) is 0 Å². The van der Waals surface area contributed by atoms with Crippen molar-refractivity contribution in [1.29, 1.82) is 0 Å². The van der Waals surface area contributed by atoms with E-state index in [4.69, 9.17) is 5.11 Å². The fraction of sp³-hybridized carbons (Fsp3) is 0.846. The third-order valence-electron chi connectivity index (χ3n) is 3.23. The van der Waals surface area contributed by atoms with Crippen LogP contribution in [0.2, 0.25) is 0 Å². The van der Waals surface area contributed by atoms with Gasteiger partial charge in [-0.1, -0.05) is 13.8 Å². The molecule has 0 aliphatic carbocycles. The number of carbonyl (C=O) groups excluding carboxylic acids is 1. The second kappa shape index (κ2) is 7.36. The molecule has 1 rings (SSSR count). The van der Waals surface area contributed by atoms with E-state index in [-0.39, 0.29) is 5.91 Å². The van der Waals surface area contributed by atoms with E-state index in [9.17, 15) is 9.59 Å². The summed E-state index contributed by atoms with van der Waals surface area (Å²) in [5, 5.41) is 12.3. The number of amides is 1. The van der Waals surface area contributed by atoms with E-state index in [1.807, 2.05) is 0 Å². The molecule has 2 N–H and O–H groups in total. The third kappa shape index (κ3) is 4.64. The summed E-state index contributed by atoms with van der Waals surface area (Å²) < 4.78 is 0. The first-order valence-electron chi connectivity index (χ1n) is 6.78. The van der Waals surface area contributed by atoms with Gasteiger partial charge in [-0.05, 0) is 32.2 Å². The van der Waals surface area contributed by atoms with Crippen molar-refractivity contribution in [3.63, 3.8) is 0 Å². The van der Waals surface area contributed by atoms with Crippen molar-refractivity contribution in [2.45, 2.75) is 58.0 Å². The summed E-state index contributed by atoms with van der Waals surface area (Å²) >= 11 is 0. The monoisotopic (exact) mass is 256 g/mol. The van der Waals surface area contributed by atoms with Gasteiger partial charge < -0.3 is 15.3 Å². The van der Waals surface area contributed by atoms with Crippen LogP contribution >= 0.6 is 0 Å². The van der Waals surface area contributed by atoms with Gasteiger partial charge in [0.05, 0.1) is 0 Å². The maximum atomic E-state index is 12.0. The smallest absolute Gasteiger partial charge is 0.326 e. The quantitative estimate of drug-likeness (QED) is 0.701. The van der Waals surface area contributed by atoms with Gasteiger partial charge in [0.25, 0.3) is 0 Å². The predicted octanol–water partition coefficient (Wildman–Crippen LogP) is 1.23. The number of nitrogens with one attached hydrogen (secondary N) is 1. The Morgan fingerprint density at radius 3 is 2.72 bits per heavy atom. The van der Waals surface area contributed by atoms with Crippen molar-refractivity contribution in [3.05, 3.63) is 0 Å². The number of carbonyl (C=O) groups is 2. The largest absolute Gasteiger partial charge is 0.480 e. The Bertz CT molecular complexity index is 292. The minimum atomic E-state index is -0.872. The van der Waals surface area contributed by atoms with Crippen LogP contribution in [0.5, 0.6) is 0 Å².